The number of amides is 1. The zero-order chi connectivity index (χ0) is 13.8. The summed E-state index contributed by atoms with van der Waals surface area (Å²) < 4.78 is 0. The Morgan fingerprint density at radius 1 is 1.47 bits per heavy atom. The highest BCUT2D eigenvalue weighted by Crippen LogP contribution is 2.20. The quantitative estimate of drug-likeness (QED) is 0.824. The van der Waals surface area contributed by atoms with Crippen LogP contribution in [0.3, 0.4) is 0 Å². The fourth-order valence-electron chi connectivity index (χ4n) is 2.45. The molecule has 2 atom stereocenters. The summed E-state index contributed by atoms with van der Waals surface area (Å²) in [5, 5.41) is 10.8. The van der Waals surface area contributed by atoms with Gasteiger partial charge in [-0.25, -0.2) is 0 Å². The Kier molecular flexibility index (Phi) is 4.31. The number of nitrogens with two attached hydrogens (primary N) is 1. The van der Waals surface area contributed by atoms with Gasteiger partial charge in [0.05, 0.1) is 0 Å². The van der Waals surface area contributed by atoms with Crippen molar-refractivity contribution in [1.82, 2.24) is 15.5 Å². The van der Waals surface area contributed by atoms with Crippen molar-refractivity contribution in [2.24, 2.45) is 11.7 Å². The zero-order valence-electron chi connectivity index (χ0n) is 11.5. The van der Waals surface area contributed by atoms with Crippen LogP contribution in [0.25, 0.3) is 0 Å². The summed E-state index contributed by atoms with van der Waals surface area (Å²) in [6, 6.07) is 3.72. The number of rotatable bonds is 3. The number of piperidine rings is 1. The van der Waals surface area contributed by atoms with Gasteiger partial charge in [0, 0.05) is 25.7 Å². The van der Waals surface area contributed by atoms with Crippen molar-refractivity contribution in [2.45, 2.75) is 26.3 Å². The van der Waals surface area contributed by atoms with Crippen LogP contribution in [0, 0.1) is 5.92 Å². The predicted octanol–water partition coefficient (Wildman–Crippen LogP) is 0.400. The second-order valence-corrected chi connectivity index (χ2v) is 5.14. The summed E-state index contributed by atoms with van der Waals surface area (Å²) in [4.78, 5) is 13.7. The summed E-state index contributed by atoms with van der Waals surface area (Å²) >= 11 is 0. The van der Waals surface area contributed by atoms with Gasteiger partial charge in [0.25, 0.3) is 5.91 Å². The third-order valence-electron chi connectivity index (χ3n) is 3.24. The maximum Gasteiger partial charge on any atom is 0.271 e. The molecule has 1 aromatic heterocycles. The van der Waals surface area contributed by atoms with Crippen LogP contribution < -0.4 is 16.0 Å². The van der Waals surface area contributed by atoms with Crippen LogP contribution in [0.1, 0.15) is 30.8 Å². The molecule has 1 aliphatic heterocycles. The molecule has 2 heterocycles. The van der Waals surface area contributed by atoms with Crippen molar-refractivity contribution in [1.29, 1.82) is 0 Å². The van der Waals surface area contributed by atoms with Gasteiger partial charge in [0.2, 0.25) is 0 Å². The van der Waals surface area contributed by atoms with Gasteiger partial charge in [0.15, 0.2) is 11.5 Å². The van der Waals surface area contributed by atoms with E-state index in [9.17, 15) is 4.79 Å². The van der Waals surface area contributed by atoms with E-state index in [4.69, 9.17) is 5.73 Å². The molecule has 0 aromatic carbocycles. The first-order valence-corrected chi connectivity index (χ1v) is 6.72. The first kappa shape index (κ1) is 13.7. The van der Waals surface area contributed by atoms with Gasteiger partial charge in [-0.1, -0.05) is 6.92 Å². The minimum Gasteiger partial charge on any atom is -0.353 e. The number of hydrogen-bond donors (Lipinski definition) is 2. The Balaban J connectivity index is 2.07. The molecule has 2 unspecified atom stereocenters. The lowest BCUT2D eigenvalue weighted by Gasteiger charge is -2.35. The second kappa shape index (κ2) is 5.97. The molecule has 1 aliphatic rings. The molecule has 0 saturated carbocycles. The van der Waals surface area contributed by atoms with Crippen LogP contribution in [0.4, 0.5) is 5.82 Å². The Labute approximate surface area is 113 Å². The molecule has 1 fully saturated rings. The van der Waals surface area contributed by atoms with Gasteiger partial charge < -0.3 is 16.0 Å². The van der Waals surface area contributed by atoms with E-state index in [1.54, 1.807) is 6.07 Å². The van der Waals surface area contributed by atoms with E-state index < -0.39 is 0 Å². The van der Waals surface area contributed by atoms with Crippen LogP contribution in [0.2, 0.25) is 0 Å². The molecule has 1 saturated heterocycles. The molecular formula is C13H21N5O. The van der Waals surface area contributed by atoms with Gasteiger partial charge in [-0.05, 0) is 31.4 Å². The summed E-state index contributed by atoms with van der Waals surface area (Å²) in [5.41, 5.74) is 6.36. The molecule has 1 amide bonds. The number of nitrogens with one attached hydrogen (secondary N) is 1. The van der Waals surface area contributed by atoms with E-state index in [0.29, 0.717) is 18.2 Å². The second-order valence-electron chi connectivity index (χ2n) is 5.14. The van der Waals surface area contributed by atoms with Gasteiger partial charge in [-0.3, -0.25) is 4.79 Å². The van der Waals surface area contributed by atoms with Crippen molar-refractivity contribution in [3.8, 4) is 0 Å². The Morgan fingerprint density at radius 2 is 2.26 bits per heavy atom. The number of carbonyl (C=O) groups excluding carboxylic acids is 1. The molecule has 1 aromatic rings. The van der Waals surface area contributed by atoms with Crippen molar-refractivity contribution in [3.05, 3.63) is 17.8 Å². The summed E-state index contributed by atoms with van der Waals surface area (Å²) in [6.07, 6.45) is 1.04. The molecule has 6 heteroatoms. The summed E-state index contributed by atoms with van der Waals surface area (Å²) in [7, 11) is 0. The normalized spacial score (nSPS) is 23.2. The molecule has 3 N–H and O–H groups in total. The average Bonchev–Trinajstić information content (AvgIpc) is 2.38. The van der Waals surface area contributed by atoms with Crippen LogP contribution in [0.15, 0.2) is 12.1 Å². The Morgan fingerprint density at radius 3 is 2.84 bits per heavy atom. The first-order chi connectivity index (χ1) is 9.10. The smallest absolute Gasteiger partial charge is 0.271 e. The third kappa shape index (κ3) is 3.41. The standard InChI is InChI=1S/C13H21N5O/c1-3-15-13(19)11-4-5-12(17-16-11)18-7-9(2)6-10(14)8-18/h4-5,9-10H,3,6-8,14H2,1-2H3,(H,15,19). The number of carbonyl (C=O) groups is 1. The van der Waals surface area contributed by atoms with Crippen LogP contribution in [-0.4, -0.2) is 41.8 Å². The van der Waals surface area contributed by atoms with Gasteiger partial charge in [0.1, 0.15) is 0 Å². The third-order valence-corrected chi connectivity index (χ3v) is 3.24. The van der Waals surface area contributed by atoms with Crippen molar-refractivity contribution >= 4 is 11.7 Å². The molecule has 0 aliphatic carbocycles. The van der Waals surface area contributed by atoms with E-state index in [-0.39, 0.29) is 11.9 Å². The molecule has 6 nitrogen and oxygen atoms in total. The highest BCUT2D eigenvalue weighted by atomic mass is 16.1. The summed E-state index contributed by atoms with van der Waals surface area (Å²) in [5.74, 6) is 1.15. The molecule has 0 bridgehead atoms. The fraction of sp³-hybridized carbons (Fsp3) is 0.615. The van der Waals surface area contributed by atoms with E-state index in [2.05, 4.69) is 27.3 Å². The SMILES string of the molecule is CCNC(=O)c1ccc(N2CC(C)CC(N)C2)nn1. The van der Waals surface area contributed by atoms with Gasteiger partial charge in [-0.15, -0.1) is 10.2 Å². The minimum atomic E-state index is -0.190. The zero-order valence-corrected chi connectivity index (χ0v) is 11.5. The molecule has 0 radical (unpaired) electrons. The van der Waals surface area contributed by atoms with Crippen LogP contribution >= 0.6 is 0 Å². The number of hydrogen-bond acceptors (Lipinski definition) is 5. The lowest BCUT2D eigenvalue weighted by Crippen LogP contribution is -2.46. The topological polar surface area (TPSA) is 84.1 Å². The number of nitrogens with zero attached hydrogens (tertiary/aromatic N) is 3. The lowest BCUT2D eigenvalue weighted by molar-refractivity contribution is 0.0950. The Hall–Kier alpha value is -1.69. The van der Waals surface area contributed by atoms with E-state index >= 15 is 0 Å². The number of anilines is 1. The fourth-order valence-corrected chi connectivity index (χ4v) is 2.45. The van der Waals surface area contributed by atoms with Crippen molar-refractivity contribution < 1.29 is 4.79 Å². The largest absolute Gasteiger partial charge is 0.353 e. The average molecular weight is 263 g/mol. The first-order valence-electron chi connectivity index (χ1n) is 6.72. The predicted molar refractivity (Wildman–Crippen MR) is 74.0 cm³/mol. The van der Waals surface area contributed by atoms with Crippen molar-refractivity contribution in [2.75, 3.05) is 24.5 Å². The summed E-state index contributed by atoms with van der Waals surface area (Å²) in [6.45, 7) is 6.36. The van der Waals surface area contributed by atoms with Gasteiger partial charge >= 0.3 is 0 Å². The Bertz CT molecular complexity index is 423. The van der Waals surface area contributed by atoms with E-state index in [1.165, 1.54) is 0 Å². The highest BCUT2D eigenvalue weighted by molar-refractivity contribution is 5.92. The molecule has 0 spiro atoms. The number of aromatic nitrogens is 2. The lowest BCUT2D eigenvalue weighted by atomic mass is 9.97. The molecular weight excluding hydrogens is 242 g/mol. The van der Waals surface area contributed by atoms with Crippen molar-refractivity contribution in [3.63, 3.8) is 0 Å². The maximum absolute atomic E-state index is 11.6. The molecule has 104 valence electrons. The monoisotopic (exact) mass is 263 g/mol. The minimum absolute atomic E-state index is 0.175. The maximum atomic E-state index is 11.6. The van der Waals surface area contributed by atoms with E-state index in [1.807, 2.05) is 13.0 Å². The van der Waals surface area contributed by atoms with E-state index in [0.717, 1.165) is 25.3 Å². The molecule has 2 rings (SSSR count). The van der Waals surface area contributed by atoms with Crippen LogP contribution in [0.5, 0.6) is 0 Å². The van der Waals surface area contributed by atoms with Gasteiger partial charge in [-0.2, -0.15) is 0 Å². The molecule has 19 heavy (non-hydrogen) atoms. The highest BCUT2D eigenvalue weighted by Gasteiger charge is 2.23. The van der Waals surface area contributed by atoms with Crippen LogP contribution in [-0.2, 0) is 0 Å².